The SMILES string of the molecule is CC(C)Oc1cc(C=O)cnc1N1CCOC[C@@H]1C. The number of hydrogen-bond donors (Lipinski definition) is 0. The number of aromatic nitrogens is 1. The van der Waals surface area contributed by atoms with E-state index < -0.39 is 0 Å². The van der Waals surface area contributed by atoms with Crippen molar-refractivity contribution in [2.45, 2.75) is 32.9 Å². The van der Waals surface area contributed by atoms with Crippen LogP contribution in [-0.4, -0.2) is 43.2 Å². The van der Waals surface area contributed by atoms with Gasteiger partial charge >= 0.3 is 0 Å². The molecule has 0 aliphatic carbocycles. The van der Waals surface area contributed by atoms with E-state index >= 15 is 0 Å². The van der Waals surface area contributed by atoms with Crippen molar-refractivity contribution in [2.75, 3.05) is 24.7 Å². The van der Waals surface area contributed by atoms with Crippen LogP contribution in [0.5, 0.6) is 5.75 Å². The smallest absolute Gasteiger partial charge is 0.171 e. The van der Waals surface area contributed by atoms with Gasteiger partial charge in [0.25, 0.3) is 0 Å². The van der Waals surface area contributed by atoms with Crippen LogP contribution in [0.3, 0.4) is 0 Å². The van der Waals surface area contributed by atoms with E-state index in [4.69, 9.17) is 9.47 Å². The average molecular weight is 264 g/mol. The van der Waals surface area contributed by atoms with E-state index in [0.29, 0.717) is 24.5 Å². The number of morpholine rings is 1. The van der Waals surface area contributed by atoms with Gasteiger partial charge in [0.15, 0.2) is 17.9 Å². The average Bonchev–Trinajstić information content (AvgIpc) is 2.39. The number of pyridine rings is 1. The molecule has 1 aliphatic heterocycles. The van der Waals surface area contributed by atoms with Gasteiger partial charge in [0.05, 0.1) is 25.4 Å². The van der Waals surface area contributed by atoms with Crippen LogP contribution in [0.1, 0.15) is 31.1 Å². The summed E-state index contributed by atoms with van der Waals surface area (Å²) in [6.45, 7) is 8.15. The van der Waals surface area contributed by atoms with Crippen LogP contribution in [0.25, 0.3) is 0 Å². The Bertz CT molecular complexity index is 448. The largest absolute Gasteiger partial charge is 0.487 e. The van der Waals surface area contributed by atoms with Gasteiger partial charge in [-0.15, -0.1) is 0 Å². The summed E-state index contributed by atoms with van der Waals surface area (Å²) in [7, 11) is 0. The molecule has 1 fully saturated rings. The molecular formula is C14H20N2O3. The summed E-state index contributed by atoms with van der Waals surface area (Å²) in [5.41, 5.74) is 0.528. The normalized spacial score (nSPS) is 19.6. The highest BCUT2D eigenvalue weighted by Gasteiger charge is 2.23. The first-order valence-corrected chi connectivity index (χ1v) is 6.58. The number of ether oxygens (including phenoxy) is 2. The Morgan fingerprint density at radius 2 is 2.37 bits per heavy atom. The molecule has 1 atom stereocenters. The lowest BCUT2D eigenvalue weighted by Crippen LogP contribution is -2.44. The summed E-state index contributed by atoms with van der Waals surface area (Å²) in [6.07, 6.45) is 2.41. The van der Waals surface area contributed by atoms with E-state index in [1.54, 1.807) is 12.3 Å². The number of rotatable bonds is 4. The lowest BCUT2D eigenvalue weighted by atomic mass is 10.2. The van der Waals surface area contributed by atoms with Crippen LogP contribution in [0, 0.1) is 0 Å². The molecule has 0 radical (unpaired) electrons. The quantitative estimate of drug-likeness (QED) is 0.777. The predicted molar refractivity (Wildman–Crippen MR) is 73.0 cm³/mol. The molecule has 0 N–H and O–H groups in total. The Morgan fingerprint density at radius 1 is 1.58 bits per heavy atom. The molecule has 0 unspecified atom stereocenters. The number of nitrogens with zero attached hydrogens (tertiary/aromatic N) is 2. The Labute approximate surface area is 113 Å². The van der Waals surface area contributed by atoms with Gasteiger partial charge in [-0.3, -0.25) is 4.79 Å². The maximum atomic E-state index is 10.9. The zero-order valence-electron chi connectivity index (χ0n) is 11.6. The van der Waals surface area contributed by atoms with Crippen molar-refractivity contribution in [3.63, 3.8) is 0 Å². The van der Waals surface area contributed by atoms with Gasteiger partial charge in [0, 0.05) is 18.3 Å². The van der Waals surface area contributed by atoms with Crippen molar-refractivity contribution in [3.05, 3.63) is 17.8 Å². The van der Waals surface area contributed by atoms with Crippen molar-refractivity contribution in [2.24, 2.45) is 0 Å². The summed E-state index contributed by atoms with van der Waals surface area (Å²) in [6, 6.07) is 2.00. The van der Waals surface area contributed by atoms with E-state index in [9.17, 15) is 4.79 Å². The highest BCUT2D eigenvalue weighted by Crippen LogP contribution is 2.29. The van der Waals surface area contributed by atoms with Gasteiger partial charge in [0.2, 0.25) is 0 Å². The molecule has 1 aromatic rings. The minimum atomic E-state index is 0.0406. The van der Waals surface area contributed by atoms with Crippen LogP contribution >= 0.6 is 0 Å². The van der Waals surface area contributed by atoms with Gasteiger partial charge in [-0.05, 0) is 26.8 Å². The van der Waals surface area contributed by atoms with Crippen molar-refractivity contribution in [1.29, 1.82) is 0 Å². The maximum Gasteiger partial charge on any atom is 0.171 e. The molecule has 1 aromatic heterocycles. The topological polar surface area (TPSA) is 51.7 Å². The molecule has 0 saturated carbocycles. The third kappa shape index (κ3) is 3.23. The molecule has 0 amide bonds. The fourth-order valence-corrected chi connectivity index (χ4v) is 2.12. The zero-order valence-corrected chi connectivity index (χ0v) is 11.6. The molecule has 2 rings (SSSR count). The molecule has 5 nitrogen and oxygen atoms in total. The Morgan fingerprint density at radius 3 is 3.00 bits per heavy atom. The highest BCUT2D eigenvalue weighted by molar-refractivity contribution is 5.76. The molecule has 0 spiro atoms. The minimum absolute atomic E-state index is 0.0406. The van der Waals surface area contributed by atoms with E-state index in [1.807, 2.05) is 13.8 Å². The molecule has 0 bridgehead atoms. The van der Waals surface area contributed by atoms with Crippen molar-refractivity contribution in [3.8, 4) is 5.75 Å². The highest BCUT2D eigenvalue weighted by atomic mass is 16.5. The van der Waals surface area contributed by atoms with Crippen LogP contribution in [0.4, 0.5) is 5.82 Å². The molecule has 104 valence electrons. The monoisotopic (exact) mass is 264 g/mol. The first-order chi connectivity index (χ1) is 9.11. The Balaban J connectivity index is 2.34. The van der Waals surface area contributed by atoms with Crippen LogP contribution in [-0.2, 0) is 4.74 Å². The first kappa shape index (κ1) is 13.8. The van der Waals surface area contributed by atoms with E-state index in [-0.39, 0.29) is 12.1 Å². The van der Waals surface area contributed by atoms with Gasteiger partial charge in [-0.25, -0.2) is 4.98 Å². The molecule has 5 heteroatoms. The lowest BCUT2D eigenvalue weighted by molar-refractivity contribution is 0.0979. The Hall–Kier alpha value is -1.62. The van der Waals surface area contributed by atoms with E-state index in [2.05, 4.69) is 16.8 Å². The third-order valence-corrected chi connectivity index (χ3v) is 2.99. The van der Waals surface area contributed by atoms with Crippen LogP contribution in [0.15, 0.2) is 12.3 Å². The van der Waals surface area contributed by atoms with Crippen LogP contribution in [0.2, 0.25) is 0 Å². The molecular weight excluding hydrogens is 244 g/mol. The second-order valence-corrected chi connectivity index (χ2v) is 4.99. The number of carbonyl (C=O) groups is 1. The second-order valence-electron chi connectivity index (χ2n) is 4.99. The molecule has 2 heterocycles. The molecule has 1 aliphatic rings. The lowest BCUT2D eigenvalue weighted by Gasteiger charge is -2.35. The van der Waals surface area contributed by atoms with E-state index in [1.165, 1.54) is 0 Å². The van der Waals surface area contributed by atoms with Gasteiger partial charge in [-0.1, -0.05) is 0 Å². The van der Waals surface area contributed by atoms with Crippen molar-refractivity contribution >= 4 is 12.1 Å². The summed E-state index contributed by atoms with van der Waals surface area (Å²) in [4.78, 5) is 17.4. The van der Waals surface area contributed by atoms with Gasteiger partial charge in [-0.2, -0.15) is 0 Å². The summed E-state index contributed by atoms with van der Waals surface area (Å²) < 4.78 is 11.2. The fraction of sp³-hybridized carbons (Fsp3) is 0.571. The summed E-state index contributed by atoms with van der Waals surface area (Å²) in [5, 5.41) is 0. The van der Waals surface area contributed by atoms with Gasteiger partial charge in [0.1, 0.15) is 0 Å². The fourth-order valence-electron chi connectivity index (χ4n) is 2.12. The summed E-state index contributed by atoms with van der Waals surface area (Å²) >= 11 is 0. The van der Waals surface area contributed by atoms with Crippen molar-refractivity contribution in [1.82, 2.24) is 4.98 Å². The molecule has 19 heavy (non-hydrogen) atoms. The zero-order chi connectivity index (χ0) is 13.8. The number of hydrogen-bond acceptors (Lipinski definition) is 5. The van der Waals surface area contributed by atoms with Gasteiger partial charge < -0.3 is 14.4 Å². The number of anilines is 1. The molecule has 1 saturated heterocycles. The standard InChI is InChI=1S/C14H20N2O3/c1-10(2)19-13-6-12(8-17)7-15-14(13)16-4-5-18-9-11(16)3/h6-8,10-11H,4-5,9H2,1-3H3/t11-/m0/s1. The van der Waals surface area contributed by atoms with E-state index in [0.717, 1.165) is 18.6 Å². The van der Waals surface area contributed by atoms with Crippen molar-refractivity contribution < 1.29 is 14.3 Å². The predicted octanol–water partition coefficient (Wildman–Crippen LogP) is 1.91. The third-order valence-electron chi connectivity index (χ3n) is 2.99. The second kappa shape index (κ2) is 6.02. The number of aldehydes is 1. The van der Waals surface area contributed by atoms with Crippen LogP contribution < -0.4 is 9.64 Å². The number of carbonyl (C=O) groups excluding carboxylic acids is 1. The minimum Gasteiger partial charge on any atom is -0.487 e. The summed E-state index contributed by atoms with van der Waals surface area (Å²) in [5.74, 6) is 1.45. The maximum absolute atomic E-state index is 10.9. The first-order valence-electron chi connectivity index (χ1n) is 6.58. The Kier molecular flexibility index (Phi) is 4.37. The molecule has 0 aromatic carbocycles.